The van der Waals surface area contributed by atoms with Gasteiger partial charge >= 0.3 is 5.97 Å². The highest BCUT2D eigenvalue weighted by Gasteiger charge is 2.34. The number of pyridine rings is 1. The third kappa shape index (κ3) is 4.51. The number of thiophene rings is 1. The maximum absolute atomic E-state index is 12.3. The lowest BCUT2D eigenvalue weighted by atomic mass is 9.98. The second-order valence-corrected chi connectivity index (χ2v) is 12.1. The zero-order valence-electron chi connectivity index (χ0n) is 17.9. The van der Waals surface area contributed by atoms with Crippen molar-refractivity contribution in [3.8, 4) is 22.0 Å². The lowest BCUT2D eigenvalue weighted by molar-refractivity contribution is 0.0696. The normalized spacial score (nSPS) is 17.1. The molecule has 1 saturated heterocycles. The summed E-state index contributed by atoms with van der Waals surface area (Å²) in [4.78, 5) is 16.9. The van der Waals surface area contributed by atoms with Crippen molar-refractivity contribution in [2.75, 3.05) is 11.5 Å². The molecular weight excluding hydrogens is 494 g/mol. The monoisotopic (exact) mass is 513 g/mol. The number of hydrogen-bond donors (Lipinski definition) is 1. The number of carbonyl (C=O) groups is 1. The summed E-state index contributed by atoms with van der Waals surface area (Å²) >= 11 is 7.62. The van der Waals surface area contributed by atoms with E-state index >= 15 is 0 Å². The van der Waals surface area contributed by atoms with Crippen molar-refractivity contribution in [1.82, 2.24) is 14.8 Å². The highest BCUT2D eigenvalue weighted by molar-refractivity contribution is 7.91. The van der Waals surface area contributed by atoms with Gasteiger partial charge in [0, 0.05) is 18.2 Å². The number of sulfone groups is 1. The smallest absolute Gasteiger partial charge is 0.335 e. The van der Waals surface area contributed by atoms with Gasteiger partial charge in [-0.15, -0.1) is 11.3 Å². The molecule has 0 radical (unpaired) electrons. The topological polar surface area (TPSA) is 102 Å². The Morgan fingerprint density at radius 3 is 2.68 bits per heavy atom. The first-order chi connectivity index (χ1) is 16.3. The van der Waals surface area contributed by atoms with E-state index in [9.17, 15) is 18.3 Å². The van der Waals surface area contributed by atoms with E-state index in [4.69, 9.17) is 16.7 Å². The third-order valence-corrected chi connectivity index (χ3v) is 8.82. The van der Waals surface area contributed by atoms with E-state index < -0.39 is 15.8 Å². The Balaban J connectivity index is 1.73. The molecule has 0 spiro atoms. The summed E-state index contributed by atoms with van der Waals surface area (Å²) in [6.07, 6.45) is 2.56. The largest absolute Gasteiger partial charge is 0.478 e. The highest BCUT2D eigenvalue weighted by Crippen LogP contribution is 2.40. The van der Waals surface area contributed by atoms with E-state index in [0.29, 0.717) is 28.6 Å². The van der Waals surface area contributed by atoms with Crippen LogP contribution in [0.4, 0.5) is 0 Å². The molecule has 1 fully saturated rings. The van der Waals surface area contributed by atoms with Gasteiger partial charge in [0.25, 0.3) is 0 Å². The number of aromatic nitrogens is 3. The van der Waals surface area contributed by atoms with E-state index in [0.717, 1.165) is 21.7 Å². The molecule has 1 N–H and O–H groups in total. The lowest BCUT2D eigenvalue weighted by Crippen LogP contribution is -2.14. The van der Waals surface area contributed by atoms with E-state index in [-0.39, 0.29) is 23.1 Å². The zero-order valence-corrected chi connectivity index (χ0v) is 20.3. The lowest BCUT2D eigenvalue weighted by Gasteiger charge is -2.14. The number of benzene rings is 1. The average molecular weight is 514 g/mol. The summed E-state index contributed by atoms with van der Waals surface area (Å²) in [6.45, 7) is 0. The van der Waals surface area contributed by atoms with Crippen LogP contribution in [0.2, 0.25) is 4.34 Å². The number of carboxylic acid groups (broad SMARTS) is 1. The Bertz CT molecular complexity index is 1480. The third-order valence-electron chi connectivity index (χ3n) is 5.83. The number of carboxylic acids is 1. The average Bonchev–Trinajstić information content (AvgIpc) is 3.51. The molecule has 4 heterocycles. The molecule has 3 aromatic heterocycles. The van der Waals surface area contributed by atoms with Crippen LogP contribution in [0.1, 0.15) is 33.9 Å². The Kier molecular flexibility index (Phi) is 6.01. The number of halogens is 1. The Hall–Kier alpha value is -3.01. The van der Waals surface area contributed by atoms with Crippen molar-refractivity contribution in [3.63, 3.8) is 0 Å². The van der Waals surface area contributed by atoms with Crippen molar-refractivity contribution < 1.29 is 18.3 Å². The van der Waals surface area contributed by atoms with Crippen LogP contribution in [0.15, 0.2) is 60.8 Å². The molecule has 34 heavy (non-hydrogen) atoms. The van der Waals surface area contributed by atoms with E-state index in [1.165, 1.54) is 11.3 Å². The van der Waals surface area contributed by atoms with Crippen LogP contribution < -0.4 is 0 Å². The fourth-order valence-corrected chi connectivity index (χ4v) is 7.05. The predicted molar refractivity (Wildman–Crippen MR) is 132 cm³/mol. The SMILES string of the molecule is O=C(O)c1cccc(Cc2c(-c3ccc(Cl)s3)nn(C3CCS(=O)(=O)C3)c2-c2ccccn2)c1. The van der Waals surface area contributed by atoms with Gasteiger partial charge in [0.2, 0.25) is 0 Å². The molecule has 1 aliphatic rings. The molecule has 0 amide bonds. The van der Waals surface area contributed by atoms with Crippen molar-refractivity contribution >= 4 is 38.7 Å². The molecule has 1 aliphatic heterocycles. The Morgan fingerprint density at radius 2 is 2.03 bits per heavy atom. The minimum absolute atomic E-state index is 0.0209. The van der Waals surface area contributed by atoms with E-state index in [1.54, 1.807) is 35.1 Å². The molecular formula is C24H20ClN3O4S2. The Labute approximate surface area is 205 Å². The van der Waals surface area contributed by atoms with Crippen LogP contribution in [0, 0.1) is 0 Å². The van der Waals surface area contributed by atoms with Gasteiger partial charge in [-0.1, -0.05) is 29.8 Å². The molecule has 7 nitrogen and oxygen atoms in total. The fourth-order valence-electron chi connectivity index (χ4n) is 4.30. The molecule has 0 saturated carbocycles. The van der Waals surface area contributed by atoms with Gasteiger partial charge < -0.3 is 5.11 Å². The van der Waals surface area contributed by atoms with Crippen molar-refractivity contribution in [1.29, 1.82) is 0 Å². The summed E-state index contributed by atoms with van der Waals surface area (Å²) in [7, 11) is -3.15. The number of rotatable bonds is 6. The second kappa shape index (κ2) is 8.98. The van der Waals surface area contributed by atoms with Crippen LogP contribution in [-0.2, 0) is 16.3 Å². The quantitative estimate of drug-likeness (QED) is 0.390. The summed E-state index contributed by atoms with van der Waals surface area (Å²) in [5.74, 6) is -0.855. The number of hydrogen-bond acceptors (Lipinski definition) is 6. The van der Waals surface area contributed by atoms with Crippen molar-refractivity contribution in [3.05, 3.63) is 81.8 Å². The summed E-state index contributed by atoms with van der Waals surface area (Å²) in [5.41, 5.74) is 3.97. The van der Waals surface area contributed by atoms with Gasteiger partial charge in [-0.25, -0.2) is 13.2 Å². The van der Waals surface area contributed by atoms with Crippen LogP contribution >= 0.6 is 22.9 Å². The molecule has 1 unspecified atom stereocenters. The first kappa shape index (κ1) is 22.8. The molecule has 5 rings (SSSR count). The summed E-state index contributed by atoms with van der Waals surface area (Å²) < 4.78 is 27.0. The standard InChI is InChI=1S/C24H20ClN3O4S2/c25-21-8-7-20(33-21)22-18(13-15-4-3-5-16(12-15)24(29)30)23(19-6-1-2-10-26-19)28(27-22)17-9-11-34(31,32)14-17/h1-8,10,12,17H,9,11,13-14H2,(H,29,30). The van der Waals surface area contributed by atoms with Crippen molar-refractivity contribution in [2.24, 2.45) is 0 Å². The number of nitrogens with zero attached hydrogens (tertiary/aromatic N) is 3. The first-order valence-corrected chi connectivity index (χ1v) is 13.6. The van der Waals surface area contributed by atoms with Crippen LogP contribution in [0.3, 0.4) is 0 Å². The molecule has 10 heteroatoms. The minimum Gasteiger partial charge on any atom is -0.478 e. The molecule has 0 bridgehead atoms. The van der Waals surface area contributed by atoms with Gasteiger partial charge in [-0.05, 0) is 48.4 Å². The minimum atomic E-state index is -3.15. The molecule has 0 aliphatic carbocycles. The maximum atomic E-state index is 12.3. The zero-order chi connectivity index (χ0) is 23.9. The Morgan fingerprint density at radius 1 is 1.18 bits per heavy atom. The van der Waals surface area contributed by atoms with Crippen LogP contribution in [0.5, 0.6) is 0 Å². The van der Waals surface area contributed by atoms with Gasteiger partial charge in [-0.3, -0.25) is 9.67 Å². The molecule has 174 valence electrons. The molecule has 4 aromatic rings. The fraction of sp³-hybridized carbons (Fsp3) is 0.208. The van der Waals surface area contributed by atoms with Crippen LogP contribution in [0.25, 0.3) is 22.0 Å². The molecule has 1 aromatic carbocycles. The van der Waals surface area contributed by atoms with E-state index in [2.05, 4.69) is 4.98 Å². The van der Waals surface area contributed by atoms with Crippen LogP contribution in [-0.4, -0.2) is 45.8 Å². The van der Waals surface area contributed by atoms with Crippen molar-refractivity contribution in [2.45, 2.75) is 18.9 Å². The first-order valence-electron chi connectivity index (χ1n) is 10.6. The second-order valence-electron chi connectivity index (χ2n) is 8.18. The maximum Gasteiger partial charge on any atom is 0.335 e. The van der Waals surface area contributed by atoms with Gasteiger partial charge in [0.1, 0.15) is 5.69 Å². The highest BCUT2D eigenvalue weighted by atomic mass is 35.5. The van der Waals surface area contributed by atoms with E-state index in [1.807, 2.05) is 30.3 Å². The summed E-state index contributed by atoms with van der Waals surface area (Å²) in [6, 6.07) is 15.7. The predicted octanol–water partition coefficient (Wildman–Crippen LogP) is 4.98. The molecule has 1 atom stereocenters. The van der Waals surface area contributed by atoms with Gasteiger partial charge in [0.05, 0.1) is 43.7 Å². The van der Waals surface area contributed by atoms with Gasteiger partial charge in [0.15, 0.2) is 9.84 Å². The summed E-state index contributed by atoms with van der Waals surface area (Å²) in [5, 5.41) is 14.4. The number of aromatic carboxylic acids is 1. The van der Waals surface area contributed by atoms with Gasteiger partial charge in [-0.2, -0.15) is 5.10 Å².